The van der Waals surface area contributed by atoms with Gasteiger partial charge in [-0.3, -0.25) is 0 Å². The Morgan fingerprint density at radius 2 is 2.14 bits per heavy atom. The fourth-order valence-corrected chi connectivity index (χ4v) is 2.44. The van der Waals surface area contributed by atoms with Crippen molar-refractivity contribution in [2.24, 2.45) is 5.73 Å². The molecule has 1 rings (SSSR count). The van der Waals surface area contributed by atoms with Gasteiger partial charge in [-0.2, -0.15) is 0 Å². The zero-order chi connectivity index (χ0) is 10.8. The molecule has 1 aromatic rings. The molecule has 0 unspecified atom stereocenters. The zero-order valence-corrected chi connectivity index (χ0v) is 10.6. The number of halogens is 2. The SMILES string of the molecule is CC(C)(CN)Sc1cc(Br)ccc1F. The number of benzene rings is 1. The van der Waals surface area contributed by atoms with E-state index in [1.54, 1.807) is 12.1 Å². The first-order valence-electron chi connectivity index (χ1n) is 4.29. The zero-order valence-electron chi connectivity index (χ0n) is 8.18. The normalized spacial score (nSPS) is 11.8. The summed E-state index contributed by atoms with van der Waals surface area (Å²) in [6.07, 6.45) is 0. The van der Waals surface area contributed by atoms with E-state index in [0.29, 0.717) is 11.4 Å². The summed E-state index contributed by atoms with van der Waals surface area (Å²) in [6.45, 7) is 4.51. The summed E-state index contributed by atoms with van der Waals surface area (Å²) in [4.78, 5) is 0.634. The van der Waals surface area contributed by atoms with Gasteiger partial charge in [-0.25, -0.2) is 4.39 Å². The van der Waals surface area contributed by atoms with Crippen molar-refractivity contribution in [1.29, 1.82) is 0 Å². The van der Waals surface area contributed by atoms with E-state index in [4.69, 9.17) is 5.73 Å². The fraction of sp³-hybridized carbons (Fsp3) is 0.400. The fourth-order valence-electron chi connectivity index (χ4n) is 0.895. The average Bonchev–Trinajstić information content (AvgIpc) is 2.11. The molecule has 0 bridgehead atoms. The topological polar surface area (TPSA) is 26.0 Å². The lowest BCUT2D eigenvalue weighted by Crippen LogP contribution is -2.26. The molecular weight excluding hydrogens is 265 g/mol. The van der Waals surface area contributed by atoms with Crippen LogP contribution in [0, 0.1) is 5.82 Å². The first-order chi connectivity index (χ1) is 6.44. The molecule has 0 amide bonds. The van der Waals surface area contributed by atoms with E-state index in [2.05, 4.69) is 15.9 Å². The molecule has 4 heteroatoms. The summed E-state index contributed by atoms with van der Waals surface area (Å²) in [6, 6.07) is 4.92. The molecule has 0 spiro atoms. The lowest BCUT2D eigenvalue weighted by Gasteiger charge is -2.21. The van der Waals surface area contributed by atoms with Crippen LogP contribution in [0.2, 0.25) is 0 Å². The van der Waals surface area contributed by atoms with Gasteiger partial charge in [-0.15, -0.1) is 11.8 Å². The molecule has 0 fully saturated rings. The molecule has 1 aromatic carbocycles. The van der Waals surface area contributed by atoms with Crippen LogP contribution >= 0.6 is 27.7 Å². The Labute approximate surface area is 96.4 Å². The third-order valence-corrected chi connectivity index (χ3v) is 3.52. The van der Waals surface area contributed by atoms with Crippen LogP contribution in [0.4, 0.5) is 4.39 Å². The Morgan fingerprint density at radius 1 is 1.50 bits per heavy atom. The van der Waals surface area contributed by atoms with Crippen molar-refractivity contribution in [3.05, 3.63) is 28.5 Å². The van der Waals surface area contributed by atoms with E-state index in [-0.39, 0.29) is 10.6 Å². The van der Waals surface area contributed by atoms with Gasteiger partial charge in [0.15, 0.2) is 0 Å². The quantitative estimate of drug-likeness (QED) is 0.857. The molecule has 0 aliphatic rings. The summed E-state index contributed by atoms with van der Waals surface area (Å²) >= 11 is 4.77. The molecule has 0 aromatic heterocycles. The average molecular weight is 278 g/mol. The highest BCUT2D eigenvalue weighted by atomic mass is 79.9. The van der Waals surface area contributed by atoms with Gasteiger partial charge in [0.25, 0.3) is 0 Å². The van der Waals surface area contributed by atoms with Crippen LogP contribution in [0.15, 0.2) is 27.6 Å². The monoisotopic (exact) mass is 277 g/mol. The molecule has 0 radical (unpaired) electrons. The second-order valence-electron chi connectivity index (χ2n) is 3.64. The van der Waals surface area contributed by atoms with Crippen LogP contribution in [0.1, 0.15) is 13.8 Å². The second-order valence-corrected chi connectivity index (χ2v) is 6.31. The Balaban J connectivity index is 2.91. The number of thioether (sulfide) groups is 1. The number of nitrogens with two attached hydrogens (primary N) is 1. The molecule has 78 valence electrons. The van der Waals surface area contributed by atoms with Crippen molar-refractivity contribution in [3.8, 4) is 0 Å². The van der Waals surface area contributed by atoms with Gasteiger partial charge in [0.2, 0.25) is 0 Å². The van der Waals surface area contributed by atoms with Gasteiger partial charge in [-0.05, 0) is 32.0 Å². The Kier molecular flexibility index (Phi) is 3.98. The first-order valence-corrected chi connectivity index (χ1v) is 5.90. The molecule has 0 aliphatic carbocycles. The standard InChI is InChI=1S/C10H13BrFNS/c1-10(2,6-13)14-9-5-7(11)3-4-8(9)12/h3-5H,6,13H2,1-2H3. The summed E-state index contributed by atoms with van der Waals surface area (Å²) in [5.74, 6) is -0.195. The van der Waals surface area contributed by atoms with Crippen molar-refractivity contribution in [2.75, 3.05) is 6.54 Å². The minimum absolute atomic E-state index is 0.137. The Bertz CT molecular complexity index is 328. The third kappa shape index (κ3) is 3.26. The molecule has 2 N–H and O–H groups in total. The predicted octanol–water partition coefficient (Wildman–Crippen LogP) is 3.42. The van der Waals surface area contributed by atoms with Crippen molar-refractivity contribution >= 4 is 27.7 Å². The van der Waals surface area contributed by atoms with E-state index in [0.717, 1.165) is 4.47 Å². The van der Waals surface area contributed by atoms with Gasteiger partial charge < -0.3 is 5.73 Å². The minimum atomic E-state index is -0.195. The number of hydrogen-bond donors (Lipinski definition) is 1. The number of hydrogen-bond acceptors (Lipinski definition) is 2. The van der Waals surface area contributed by atoms with E-state index in [1.165, 1.54) is 17.8 Å². The van der Waals surface area contributed by atoms with Gasteiger partial charge in [-0.1, -0.05) is 15.9 Å². The number of rotatable bonds is 3. The van der Waals surface area contributed by atoms with Crippen LogP contribution in [-0.4, -0.2) is 11.3 Å². The van der Waals surface area contributed by atoms with Gasteiger partial charge in [0, 0.05) is 20.7 Å². The van der Waals surface area contributed by atoms with E-state index in [9.17, 15) is 4.39 Å². The Hall–Kier alpha value is -0.0600. The highest BCUT2D eigenvalue weighted by Crippen LogP contribution is 2.34. The first kappa shape index (κ1) is 12.0. The summed E-state index contributed by atoms with van der Waals surface area (Å²) < 4.78 is 14.1. The molecule has 14 heavy (non-hydrogen) atoms. The lowest BCUT2D eigenvalue weighted by atomic mass is 10.2. The molecule has 0 atom stereocenters. The summed E-state index contributed by atoms with van der Waals surface area (Å²) in [7, 11) is 0. The molecule has 0 saturated heterocycles. The lowest BCUT2D eigenvalue weighted by molar-refractivity contribution is 0.599. The van der Waals surface area contributed by atoms with Crippen molar-refractivity contribution < 1.29 is 4.39 Å². The highest BCUT2D eigenvalue weighted by molar-refractivity contribution is 9.10. The Morgan fingerprint density at radius 3 is 2.71 bits per heavy atom. The summed E-state index contributed by atoms with van der Waals surface area (Å²) in [5, 5.41) is 0. The minimum Gasteiger partial charge on any atom is -0.329 e. The van der Waals surface area contributed by atoms with E-state index in [1.807, 2.05) is 13.8 Å². The maximum Gasteiger partial charge on any atom is 0.136 e. The van der Waals surface area contributed by atoms with Crippen LogP contribution in [0.5, 0.6) is 0 Å². The molecule has 1 nitrogen and oxygen atoms in total. The van der Waals surface area contributed by atoms with Crippen molar-refractivity contribution in [1.82, 2.24) is 0 Å². The third-order valence-electron chi connectivity index (χ3n) is 1.77. The van der Waals surface area contributed by atoms with Gasteiger partial charge >= 0.3 is 0 Å². The van der Waals surface area contributed by atoms with Crippen LogP contribution in [0.3, 0.4) is 0 Å². The maximum atomic E-state index is 13.4. The van der Waals surface area contributed by atoms with Crippen LogP contribution in [-0.2, 0) is 0 Å². The van der Waals surface area contributed by atoms with Gasteiger partial charge in [0.05, 0.1) is 0 Å². The van der Waals surface area contributed by atoms with Gasteiger partial charge in [0.1, 0.15) is 5.82 Å². The van der Waals surface area contributed by atoms with Crippen LogP contribution < -0.4 is 5.73 Å². The van der Waals surface area contributed by atoms with Crippen molar-refractivity contribution in [2.45, 2.75) is 23.5 Å². The molecule has 0 aliphatic heterocycles. The smallest absolute Gasteiger partial charge is 0.136 e. The molecule has 0 saturated carbocycles. The molecular formula is C10H13BrFNS. The largest absolute Gasteiger partial charge is 0.329 e. The van der Waals surface area contributed by atoms with Crippen LogP contribution in [0.25, 0.3) is 0 Å². The summed E-state index contributed by atoms with van der Waals surface area (Å²) in [5.41, 5.74) is 5.59. The van der Waals surface area contributed by atoms with E-state index < -0.39 is 0 Å². The maximum absolute atomic E-state index is 13.4. The highest BCUT2D eigenvalue weighted by Gasteiger charge is 2.19. The molecule has 0 heterocycles. The predicted molar refractivity (Wildman–Crippen MR) is 63.1 cm³/mol. The second kappa shape index (κ2) is 4.64. The van der Waals surface area contributed by atoms with Crippen molar-refractivity contribution in [3.63, 3.8) is 0 Å². The van der Waals surface area contributed by atoms with E-state index >= 15 is 0 Å².